The molecule has 0 aromatic carbocycles. The zero-order valence-corrected chi connectivity index (χ0v) is 11.8. The number of ether oxygens (including phenoxy) is 1. The monoisotopic (exact) mass is 306 g/mol. The molecule has 1 N–H and O–H groups in total. The quantitative estimate of drug-likeness (QED) is 0.902. The van der Waals surface area contributed by atoms with Gasteiger partial charge in [0.05, 0.1) is 24.5 Å². The summed E-state index contributed by atoms with van der Waals surface area (Å²) in [6.45, 7) is 1.56. The molecule has 1 amide bonds. The summed E-state index contributed by atoms with van der Waals surface area (Å²) in [5.74, 6) is -0.367. The van der Waals surface area contributed by atoms with Crippen LogP contribution in [0.2, 0.25) is 0 Å². The topological polar surface area (TPSA) is 59.4 Å². The number of hydrogen-bond acceptors (Lipinski definition) is 4. The van der Waals surface area contributed by atoms with E-state index in [1.54, 1.807) is 24.9 Å². The van der Waals surface area contributed by atoms with Crippen LogP contribution in [0.1, 0.15) is 5.69 Å². The molecule has 1 aromatic rings. The van der Waals surface area contributed by atoms with Gasteiger partial charge in [-0.15, -0.1) is 0 Å². The van der Waals surface area contributed by atoms with Crippen LogP contribution in [0, 0.1) is 6.92 Å². The van der Waals surface area contributed by atoms with Gasteiger partial charge in [0.2, 0.25) is 5.91 Å². The van der Waals surface area contributed by atoms with Crippen molar-refractivity contribution < 1.29 is 22.7 Å². The first kappa shape index (κ1) is 15.8. The minimum Gasteiger partial charge on any atom is -0.366 e. The molecule has 0 radical (unpaired) electrons. The van der Waals surface area contributed by atoms with Crippen molar-refractivity contribution in [3.63, 3.8) is 0 Å². The number of morpholine rings is 1. The van der Waals surface area contributed by atoms with Gasteiger partial charge in [-0.3, -0.25) is 14.4 Å². The third-order valence-corrected chi connectivity index (χ3v) is 3.17. The Kier molecular flexibility index (Phi) is 4.52. The van der Waals surface area contributed by atoms with Crippen LogP contribution in [0.5, 0.6) is 0 Å². The number of halogens is 3. The number of hydrogen-bond donors (Lipinski definition) is 1. The van der Waals surface area contributed by atoms with Gasteiger partial charge in [-0.05, 0) is 6.92 Å². The molecule has 1 aliphatic rings. The van der Waals surface area contributed by atoms with Crippen molar-refractivity contribution in [1.82, 2.24) is 14.7 Å². The van der Waals surface area contributed by atoms with E-state index in [1.165, 1.54) is 4.90 Å². The highest BCUT2D eigenvalue weighted by Gasteiger charge is 2.43. The van der Waals surface area contributed by atoms with Crippen LogP contribution in [0.3, 0.4) is 0 Å². The molecule has 1 saturated heterocycles. The van der Waals surface area contributed by atoms with E-state index in [9.17, 15) is 18.0 Å². The van der Waals surface area contributed by atoms with Crippen molar-refractivity contribution in [3.8, 4) is 0 Å². The molecule has 9 heteroatoms. The van der Waals surface area contributed by atoms with Crippen LogP contribution >= 0.6 is 0 Å². The number of nitrogens with zero attached hydrogens (tertiary/aromatic N) is 3. The van der Waals surface area contributed by atoms with E-state index in [0.717, 1.165) is 0 Å². The number of anilines is 1. The van der Waals surface area contributed by atoms with Crippen molar-refractivity contribution in [2.45, 2.75) is 19.2 Å². The third-order valence-electron chi connectivity index (χ3n) is 3.17. The Morgan fingerprint density at radius 3 is 2.86 bits per heavy atom. The molecule has 21 heavy (non-hydrogen) atoms. The standard InChI is InChI=1S/C12H17F3N4O2/c1-8-9(5-18(2)17-8)16-11(20)7-19-3-4-21-10(6-19)12(13,14)15/h5,10H,3-4,6-7H2,1-2H3,(H,16,20)/t10-/m0/s1. The summed E-state index contributed by atoms with van der Waals surface area (Å²) in [6, 6.07) is 0. The fraction of sp³-hybridized carbons (Fsp3) is 0.667. The van der Waals surface area contributed by atoms with Gasteiger partial charge in [0.15, 0.2) is 6.10 Å². The second-order valence-electron chi connectivity index (χ2n) is 4.99. The summed E-state index contributed by atoms with van der Waals surface area (Å²) < 4.78 is 44.0. The molecule has 2 heterocycles. The highest BCUT2D eigenvalue weighted by atomic mass is 19.4. The van der Waals surface area contributed by atoms with Gasteiger partial charge < -0.3 is 10.1 Å². The molecule has 118 valence electrons. The van der Waals surface area contributed by atoms with Crippen LogP contribution in [0.4, 0.5) is 18.9 Å². The predicted molar refractivity (Wildman–Crippen MR) is 68.8 cm³/mol. The maximum absolute atomic E-state index is 12.6. The van der Waals surface area contributed by atoms with E-state index in [0.29, 0.717) is 17.9 Å². The number of alkyl halides is 3. The third kappa shape index (κ3) is 4.18. The molecule has 0 spiro atoms. The highest BCUT2D eigenvalue weighted by Crippen LogP contribution is 2.25. The lowest BCUT2D eigenvalue weighted by atomic mass is 10.2. The molecule has 1 fully saturated rings. The highest BCUT2D eigenvalue weighted by molar-refractivity contribution is 5.92. The number of rotatable bonds is 3. The maximum Gasteiger partial charge on any atom is 0.415 e. The van der Waals surface area contributed by atoms with Crippen molar-refractivity contribution >= 4 is 11.6 Å². The molecule has 1 atom stereocenters. The minimum absolute atomic E-state index is 0.0383. The predicted octanol–water partition coefficient (Wildman–Crippen LogP) is 0.930. The molecule has 2 rings (SSSR count). The Labute approximate surface area is 119 Å². The van der Waals surface area contributed by atoms with Crippen molar-refractivity contribution in [2.24, 2.45) is 7.05 Å². The lowest BCUT2D eigenvalue weighted by Crippen LogP contribution is -2.50. The average molecular weight is 306 g/mol. The maximum atomic E-state index is 12.6. The Hall–Kier alpha value is -1.61. The number of aromatic nitrogens is 2. The van der Waals surface area contributed by atoms with Gasteiger partial charge >= 0.3 is 6.18 Å². The SMILES string of the molecule is Cc1nn(C)cc1NC(=O)CN1CCO[C@H](C(F)(F)F)C1. The molecular weight excluding hydrogens is 289 g/mol. The molecule has 0 saturated carbocycles. The summed E-state index contributed by atoms with van der Waals surface area (Å²) in [5, 5.41) is 6.72. The van der Waals surface area contributed by atoms with Gasteiger partial charge in [-0.2, -0.15) is 18.3 Å². The van der Waals surface area contributed by atoms with Gasteiger partial charge in [0, 0.05) is 26.3 Å². The lowest BCUT2D eigenvalue weighted by Gasteiger charge is -2.33. The number of carbonyl (C=O) groups excluding carboxylic acids is 1. The summed E-state index contributed by atoms with van der Waals surface area (Å²) in [4.78, 5) is 13.3. The van der Waals surface area contributed by atoms with E-state index in [1.807, 2.05) is 0 Å². The first-order valence-electron chi connectivity index (χ1n) is 6.46. The lowest BCUT2D eigenvalue weighted by molar-refractivity contribution is -0.236. The van der Waals surface area contributed by atoms with Crippen LogP contribution in [-0.2, 0) is 16.6 Å². The molecular formula is C12H17F3N4O2. The summed E-state index contributed by atoms with van der Waals surface area (Å²) in [6.07, 6.45) is -4.60. The van der Waals surface area contributed by atoms with Crippen molar-refractivity contribution in [1.29, 1.82) is 0 Å². The minimum atomic E-state index is -4.41. The van der Waals surface area contributed by atoms with E-state index in [-0.39, 0.29) is 25.6 Å². The van der Waals surface area contributed by atoms with E-state index in [2.05, 4.69) is 15.2 Å². The fourth-order valence-corrected chi connectivity index (χ4v) is 2.16. The fourth-order valence-electron chi connectivity index (χ4n) is 2.16. The molecule has 0 unspecified atom stereocenters. The average Bonchev–Trinajstić information content (AvgIpc) is 2.67. The second kappa shape index (κ2) is 6.02. The zero-order valence-electron chi connectivity index (χ0n) is 11.8. The largest absolute Gasteiger partial charge is 0.415 e. The molecule has 6 nitrogen and oxygen atoms in total. The Morgan fingerprint density at radius 2 is 2.29 bits per heavy atom. The number of aryl methyl sites for hydroxylation is 2. The number of nitrogens with one attached hydrogen (secondary N) is 1. The van der Waals surface area contributed by atoms with Gasteiger partial charge in [0.1, 0.15) is 0 Å². The first-order chi connectivity index (χ1) is 9.75. The smallest absolute Gasteiger partial charge is 0.366 e. The van der Waals surface area contributed by atoms with Crippen LogP contribution < -0.4 is 5.32 Å². The number of amides is 1. The summed E-state index contributed by atoms with van der Waals surface area (Å²) >= 11 is 0. The van der Waals surface area contributed by atoms with E-state index < -0.39 is 12.3 Å². The molecule has 0 bridgehead atoms. The molecule has 1 aliphatic heterocycles. The van der Waals surface area contributed by atoms with Crippen molar-refractivity contribution in [3.05, 3.63) is 11.9 Å². The van der Waals surface area contributed by atoms with Gasteiger partial charge in [-0.25, -0.2) is 0 Å². The Bertz CT molecular complexity index is 515. The van der Waals surface area contributed by atoms with Crippen molar-refractivity contribution in [2.75, 3.05) is 31.6 Å². The summed E-state index contributed by atoms with van der Waals surface area (Å²) in [7, 11) is 1.72. The van der Waals surface area contributed by atoms with Crippen LogP contribution in [0.15, 0.2) is 6.20 Å². The molecule has 1 aromatic heterocycles. The Morgan fingerprint density at radius 1 is 1.57 bits per heavy atom. The first-order valence-corrected chi connectivity index (χ1v) is 6.46. The van der Waals surface area contributed by atoms with E-state index in [4.69, 9.17) is 0 Å². The van der Waals surface area contributed by atoms with Gasteiger partial charge in [0.25, 0.3) is 0 Å². The second-order valence-corrected chi connectivity index (χ2v) is 4.99. The van der Waals surface area contributed by atoms with E-state index >= 15 is 0 Å². The summed E-state index contributed by atoms with van der Waals surface area (Å²) in [5.41, 5.74) is 1.21. The van der Waals surface area contributed by atoms with Crippen LogP contribution in [-0.4, -0.2) is 59.1 Å². The zero-order chi connectivity index (χ0) is 15.6. The van der Waals surface area contributed by atoms with Gasteiger partial charge in [-0.1, -0.05) is 0 Å². The number of carbonyl (C=O) groups is 1. The normalized spacial score (nSPS) is 20.5. The van der Waals surface area contributed by atoms with Crippen LogP contribution in [0.25, 0.3) is 0 Å². The molecule has 0 aliphatic carbocycles. The Balaban J connectivity index is 1.89.